The van der Waals surface area contributed by atoms with E-state index in [1.807, 2.05) is 6.07 Å². The van der Waals surface area contributed by atoms with E-state index in [0.717, 1.165) is 31.6 Å². The second-order valence-electron chi connectivity index (χ2n) is 3.30. The van der Waals surface area contributed by atoms with Gasteiger partial charge in [-0.15, -0.1) is 0 Å². The molecule has 1 aromatic heterocycles. The van der Waals surface area contributed by atoms with Crippen LogP contribution >= 0.6 is 23.2 Å². The zero-order chi connectivity index (χ0) is 9.97. The Morgan fingerprint density at radius 3 is 2.50 bits per heavy atom. The molecule has 1 saturated heterocycles. The molecule has 1 fully saturated rings. The van der Waals surface area contributed by atoms with Crippen LogP contribution in [0.5, 0.6) is 0 Å². The average Bonchev–Trinajstić information content (AvgIpc) is 2.19. The predicted octanol–water partition coefficient (Wildman–Crippen LogP) is 3.19. The van der Waals surface area contributed by atoms with Gasteiger partial charge in [-0.05, 0) is 31.4 Å². The fourth-order valence-electron chi connectivity index (χ4n) is 1.63. The van der Waals surface area contributed by atoms with Gasteiger partial charge in [-0.3, -0.25) is 0 Å². The standard InChI is InChI=1S/C10H11Cl2N2/c11-9-5-4-8(10(12)13-9)14-6-2-1-3-7-14/h1,4-5H,2-3,6-7H2. The third-order valence-corrected chi connectivity index (χ3v) is 2.83. The molecule has 2 nitrogen and oxygen atoms in total. The minimum atomic E-state index is 0.447. The fraction of sp³-hybridized carbons (Fsp3) is 0.400. The maximum absolute atomic E-state index is 6.02. The molecule has 0 saturated carbocycles. The zero-order valence-corrected chi connectivity index (χ0v) is 9.22. The van der Waals surface area contributed by atoms with Crippen molar-refractivity contribution in [2.75, 3.05) is 18.0 Å². The summed E-state index contributed by atoms with van der Waals surface area (Å²) in [5, 5.41) is 0.946. The van der Waals surface area contributed by atoms with E-state index in [1.165, 1.54) is 0 Å². The molecule has 1 aliphatic heterocycles. The Bertz CT molecular complexity index is 322. The van der Waals surface area contributed by atoms with Gasteiger partial charge in [0.15, 0.2) is 5.15 Å². The van der Waals surface area contributed by atoms with E-state index in [0.29, 0.717) is 10.3 Å². The van der Waals surface area contributed by atoms with Gasteiger partial charge in [0.25, 0.3) is 0 Å². The van der Waals surface area contributed by atoms with Crippen molar-refractivity contribution in [3.8, 4) is 0 Å². The summed E-state index contributed by atoms with van der Waals surface area (Å²) in [7, 11) is 0. The van der Waals surface area contributed by atoms with E-state index < -0.39 is 0 Å². The summed E-state index contributed by atoms with van der Waals surface area (Å²) in [6, 6.07) is 3.71. The summed E-state index contributed by atoms with van der Waals surface area (Å²) in [6.07, 6.45) is 4.52. The lowest BCUT2D eigenvalue weighted by atomic mass is 10.1. The molecule has 0 aromatic carbocycles. The highest BCUT2D eigenvalue weighted by molar-refractivity contribution is 6.34. The first-order chi connectivity index (χ1) is 6.77. The maximum atomic E-state index is 6.02. The Morgan fingerprint density at radius 2 is 1.86 bits per heavy atom. The summed E-state index contributed by atoms with van der Waals surface area (Å²) in [5.74, 6) is 0. The zero-order valence-electron chi connectivity index (χ0n) is 7.71. The van der Waals surface area contributed by atoms with Crippen molar-refractivity contribution < 1.29 is 0 Å². The molecule has 1 aromatic rings. The number of hydrogen-bond donors (Lipinski definition) is 0. The number of rotatable bonds is 1. The first kappa shape index (κ1) is 10.1. The highest BCUT2D eigenvalue weighted by Crippen LogP contribution is 2.27. The molecule has 2 heterocycles. The van der Waals surface area contributed by atoms with E-state index >= 15 is 0 Å². The molecular weight excluding hydrogens is 219 g/mol. The summed E-state index contributed by atoms with van der Waals surface area (Å²) in [4.78, 5) is 6.27. The van der Waals surface area contributed by atoms with Crippen LogP contribution in [0.4, 0.5) is 5.69 Å². The molecule has 1 radical (unpaired) electrons. The molecule has 0 aliphatic carbocycles. The average molecular weight is 230 g/mol. The third kappa shape index (κ3) is 2.12. The third-order valence-electron chi connectivity index (χ3n) is 2.34. The topological polar surface area (TPSA) is 16.1 Å². The molecule has 0 bridgehead atoms. The molecule has 4 heteroatoms. The van der Waals surface area contributed by atoms with E-state index in [1.54, 1.807) is 6.07 Å². The number of hydrogen-bond acceptors (Lipinski definition) is 2. The summed E-state index contributed by atoms with van der Waals surface area (Å²) in [6.45, 7) is 2.03. The Kier molecular flexibility index (Phi) is 3.14. The molecular formula is C10H11Cl2N2. The van der Waals surface area contributed by atoms with Crippen molar-refractivity contribution in [2.24, 2.45) is 0 Å². The maximum Gasteiger partial charge on any atom is 0.154 e. The van der Waals surface area contributed by atoms with Crippen LogP contribution in [0.1, 0.15) is 12.8 Å². The first-order valence-electron chi connectivity index (χ1n) is 4.66. The number of halogens is 2. The van der Waals surface area contributed by atoms with E-state index in [4.69, 9.17) is 23.2 Å². The Balaban J connectivity index is 2.22. The SMILES string of the molecule is Clc1ccc(N2CC[CH]CC2)c(Cl)n1. The second kappa shape index (κ2) is 4.37. The number of piperidine rings is 1. The summed E-state index contributed by atoms with van der Waals surface area (Å²) in [5.41, 5.74) is 0.990. The lowest BCUT2D eigenvalue weighted by Crippen LogP contribution is -2.29. The van der Waals surface area contributed by atoms with E-state index in [-0.39, 0.29) is 0 Å². The Hall–Kier alpha value is -0.470. The van der Waals surface area contributed by atoms with Crippen LogP contribution in [0.15, 0.2) is 12.1 Å². The molecule has 0 N–H and O–H groups in total. The Morgan fingerprint density at radius 1 is 1.14 bits per heavy atom. The monoisotopic (exact) mass is 229 g/mol. The van der Waals surface area contributed by atoms with Crippen LogP contribution < -0.4 is 4.90 Å². The number of anilines is 1. The first-order valence-corrected chi connectivity index (χ1v) is 5.41. The largest absolute Gasteiger partial charge is 0.369 e. The molecule has 0 atom stereocenters. The lowest BCUT2D eigenvalue weighted by molar-refractivity contribution is 0.678. The molecule has 1 aliphatic rings. The minimum Gasteiger partial charge on any atom is -0.369 e. The number of pyridine rings is 1. The van der Waals surface area contributed by atoms with Crippen molar-refractivity contribution in [1.82, 2.24) is 4.98 Å². The number of nitrogens with zero attached hydrogens (tertiary/aromatic N) is 2. The predicted molar refractivity (Wildman–Crippen MR) is 60.0 cm³/mol. The Labute approximate surface area is 93.8 Å². The fourth-order valence-corrected chi connectivity index (χ4v) is 2.10. The molecule has 75 valence electrons. The van der Waals surface area contributed by atoms with Crippen LogP contribution in [0.3, 0.4) is 0 Å². The van der Waals surface area contributed by atoms with Gasteiger partial charge >= 0.3 is 0 Å². The highest BCUT2D eigenvalue weighted by Gasteiger charge is 2.14. The summed E-state index contributed by atoms with van der Waals surface area (Å²) >= 11 is 11.8. The van der Waals surface area contributed by atoms with Crippen LogP contribution in [-0.4, -0.2) is 18.1 Å². The van der Waals surface area contributed by atoms with Gasteiger partial charge in [0.2, 0.25) is 0 Å². The van der Waals surface area contributed by atoms with Gasteiger partial charge in [0.1, 0.15) is 5.15 Å². The number of aromatic nitrogens is 1. The van der Waals surface area contributed by atoms with Crippen LogP contribution in [0.2, 0.25) is 10.3 Å². The van der Waals surface area contributed by atoms with Crippen molar-refractivity contribution in [3.63, 3.8) is 0 Å². The molecule has 0 unspecified atom stereocenters. The van der Waals surface area contributed by atoms with Crippen molar-refractivity contribution in [2.45, 2.75) is 12.8 Å². The molecule has 14 heavy (non-hydrogen) atoms. The van der Waals surface area contributed by atoms with Crippen molar-refractivity contribution in [3.05, 3.63) is 28.9 Å². The van der Waals surface area contributed by atoms with Crippen molar-refractivity contribution >= 4 is 28.9 Å². The van der Waals surface area contributed by atoms with Crippen LogP contribution in [-0.2, 0) is 0 Å². The van der Waals surface area contributed by atoms with Crippen molar-refractivity contribution in [1.29, 1.82) is 0 Å². The summed E-state index contributed by atoms with van der Waals surface area (Å²) < 4.78 is 0. The van der Waals surface area contributed by atoms with Gasteiger partial charge < -0.3 is 4.90 Å². The molecule has 0 amide bonds. The lowest BCUT2D eigenvalue weighted by Gasteiger charge is -2.28. The van der Waals surface area contributed by atoms with Crippen LogP contribution in [0, 0.1) is 6.42 Å². The van der Waals surface area contributed by atoms with Gasteiger partial charge in [-0.1, -0.05) is 23.2 Å². The molecule has 0 spiro atoms. The van der Waals surface area contributed by atoms with E-state index in [9.17, 15) is 0 Å². The molecule has 2 rings (SSSR count). The van der Waals surface area contributed by atoms with Gasteiger partial charge in [-0.2, -0.15) is 0 Å². The van der Waals surface area contributed by atoms with E-state index in [2.05, 4.69) is 16.3 Å². The quantitative estimate of drug-likeness (QED) is 0.688. The highest BCUT2D eigenvalue weighted by atomic mass is 35.5. The van der Waals surface area contributed by atoms with Gasteiger partial charge in [0, 0.05) is 13.1 Å². The normalized spacial score (nSPS) is 17.1. The smallest absolute Gasteiger partial charge is 0.154 e. The van der Waals surface area contributed by atoms with Crippen LogP contribution in [0.25, 0.3) is 0 Å². The minimum absolute atomic E-state index is 0.447. The second-order valence-corrected chi connectivity index (χ2v) is 4.04. The van der Waals surface area contributed by atoms with Gasteiger partial charge in [-0.25, -0.2) is 4.98 Å². The van der Waals surface area contributed by atoms with Gasteiger partial charge in [0.05, 0.1) is 5.69 Å².